The van der Waals surface area contributed by atoms with Gasteiger partial charge >= 0.3 is 0 Å². The van der Waals surface area contributed by atoms with E-state index in [1.165, 1.54) is 27.8 Å². The maximum atomic E-state index is 13.3. The highest BCUT2D eigenvalue weighted by Crippen LogP contribution is 2.31. The third kappa shape index (κ3) is 3.71. The molecule has 2 heterocycles. The fraction of sp³-hybridized carbons (Fsp3) is 0.174. The lowest BCUT2D eigenvalue weighted by Crippen LogP contribution is -2.31. The Bertz CT molecular complexity index is 1210. The van der Waals surface area contributed by atoms with E-state index in [0.717, 1.165) is 17.5 Å². The predicted octanol–water partition coefficient (Wildman–Crippen LogP) is 4.89. The van der Waals surface area contributed by atoms with Crippen LogP contribution < -0.4 is 10.9 Å². The Morgan fingerprint density at radius 2 is 1.86 bits per heavy atom. The summed E-state index contributed by atoms with van der Waals surface area (Å²) in [6, 6.07) is 16.7. The number of aryl methyl sites for hydroxylation is 1. The van der Waals surface area contributed by atoms with Gasteiger partial charge in [0.1, 0.15) is 10.9 Å². The predicted molar refractivity (Wildman–Crippen MR) is 118 cm³/mol. The van der Waals surface area contributed by atoms with Gasteiger partial charge < -0.3 is 5.32 Å². The van der Waals surface area contributed by atoms with Crippen LogP contribution in [0.25, 0.3) is 21.3 Å². The molecular formula is C23H21N3O2S. The number of benzene rings is 2. The average molecular weight is 404 g/mol. The van der Waals surface area contributed by atoms with E-state index in [-0.39, 0.29) is 11.5 Å². The Hall–Kier alpha value is -3.25. The van der Waals surface area contributed by atoms with Gasteiger partial charge in [0.15, 0.2) is 0 Å². The average Bonchev–Trinajstić information content (AvgIpc) is 3.19. The molecule has 29 heavy (non-hydrogen) atoms. The Labute approximate surface area is 172 Å². The first-order chi connectivity index (χ1) is 14.1. The SMILES string of the molecule is CCc1ccc(-c2csc3ncn(C(C)C(=O)Nc4ccccc4)c(=O)c23)cc1. The molecule has 0 saturated heterocycles. The zero-order valence-corrected chi connectivity index (χ0v) is 17.1. The van der Waals surface area contributed by atoms with Gasteiger partial charge in [-0.3, -0.25) is 14.2 Å². The number of thiophene rings is 1. The number of carbonyl (C=O) groups is 1. The summed E-state index contributed by atoms with van der Waals surface area (Å²) >= 11 is 1.44. The molecule has 0 radical (unpaired) electrons. The van der Waals surface area contributed by atoms with Crippen LogP contribution in [0.1, 0.15) is 25.5 Å². The molecule has 1 atom stereocenters. The summed E-state index contributed by atoms with van der Waals surface area (Å²) in [5.41, 5.74) is 3.57. The van der Waals surface area contributed by atoms with E-state index < -0.39 is 6.04 Å². The van der Waals surface area contributed by atoms with E-state index in [1.807, 2.05) is 47.8 Å². The van der Waals surface area contributed by atoms with Gasteiger partial charge in [-0.1, -0.05) is 49.4 Å². The van der Waals surface area contributed by atoms with Gasteiger partial charge in [-0.2, -0.15) is 0 Å². The molecule has 0 aliphatic rings. The molecule has 6 heteroatoms. The number of rotatable bonds is 5. The van der Waals surface area contributed by atoms with E-state index in [9.17, 15) is 9.59 Å². The number of carbonyl (C=O) groups excluding carboxylic acids is 1. The molecule has 146 valence electrons. The fourth-order valence-electron chi connectivity index (χ4n) is 3.25. The van der Waals surface area contributed by atoms with Gasteiger partial charge in [0.05, 0.1) is 11.7 Å². The molecule has 1 amide bonds. The monoisotopic (exact) mass is 403 g/mol. The molecule has 0 saturated carbocycles. The van der Waals surface area contributed by atoms with Crippen molar-refractivity contribution in [1.82, 2.24) is 9.55 Å². The van der Waals surface area contributed by atoms with Crippen molar-refractivity contribution in [2.45, 2.75) is 26.3 Å². The van der Waals surface area contributed by atoms with E-state index in [1.54, 1.807) is 6.92 Å². The first kappa shape index (κ1) is 19.1. The molecule has 1 N–H and O–H groups in total. The molecule has 0 spiro atoms. The maximum Gasteiger partial charge on any atom is 0.263 e. The van der Waals surface area contributed by atoms with E-state index in [2.05, 4.69) is 29.4 Å². The van der Waals surface area contributed by atoms with Crippen LogP contribution in [0.2, 0.25) is 0 Å². The standard InChI is InChI=1S/C23H21N3O2S/c1-3-16-9-11-17(12-10-16)19-13-29-22-20(19)23(28)26(14-24-22)15(2)21(27)25-18-7-5-4-6-8-18/h4-15H,3H2,1-2H3,(H,25,27). The van der Waals surface area contributed by atoms with Gasteiger partial charge in [-0.25, -0.2) is 4.98 Å². The van der Waals surface area contributed by atoms with Crippen molar-refractivity contribution in [2.75, 3.05) is 5.32 Å². The lowest BCUT2D eigenvalue weighted by atomic mass is 10.0. The second-order valence-electron chi connectivity index (χ2n) is 6.87. The molecule has 4 rings (SSSR count). The van der Waals surface area contributed by atoms with Gasteiger partial charge in [-0.15, -0.1) is 11.3 Å². The molecule has 5 nitrogen and oxygen atoms in total. The van der Waals surface area contributed by atoms with E-state index in [4.69, 9.17) is 0 Å². The fourth-order valence-corrected chi connectivity index (χ4v) is 4.15. The summed E-state index contributed by atoms with van der Waals surface area (Å²) in [6.45, 7) is 3.81. The van der Waals surface area contributed by atoms with E-state index in [0.29, 0.717) is 15.9 Å². The second kappa shape index (κ2) is 8.01. The Balaban J connectivity index is 1.71. The first-order valence-corrected chi connectivity index (χ1v) is 10.4. The molecular weight excluding hydrogens is 382 g/mol. The van der Waals surface area contributed by atoms with Crippen LogP contribution in [-0.4, -0.2) is 15.5 Å². The minimum Gasteiger partial charge on any atom is -0.324 e. The van der Waals surface area contributed by atoms with Crippen LogP contribution in [0.4, 0.5) is 5.69 Å². The number of nitrogens with one attached hydrogen (secondary N) is 1. The molecule has 2 aromatic heterocycles. The minimum atomic E-state index is -0.685. The van der Waals surface area contributed by atoms with Crippen molar-refractivity contribution < 1.29 is 4.79 Å². The Morgan fingerprint density at radius 1 is 1.14 bits per heavy atom. The summed E-state index contributed by atoms with van der Waals surface area (Å²) in [4.78, 5) is 31.0. The topological polar surface area (TPSA) is 64.0 Å². The van der Waals surface area contributed by atoms with Crippen molar-refractivity contribution in [3.8, 4) is 11.1 Å². The van der Waals surface area contributed by atoms with Crippen LogP contribution in [0.15, 0.2) is 71.1 Å². The smallest absolute Gasteiger partial charge is 0.263 e. The molecule has 0 aliphatic carbocycles. The molecule has 0 aliphatic heterocycles. The minimum absolute atomic E-state index is 0.207. The van der Waals surface area contributed by atoms with Crippen LogP contribution in [0.3, 0.4) is 0 Å². The Morgan fingerprint density at radius 3 is 2.55 bits per heavy atom. The van der Waals surface area contributed by atoms with Gasteiger partial charge in [-0.05, 0) is 36.6 Å². The normalized spacial score (nSPS) is 12.1. The van der Waals surface area contributed by atoms with Crippen molar-refractivity contribution in [2.24, 2.45) is 0 Å². The van der Waals surface area contributed by atoms with Crippen LogP contribution in [-0.2, 0) is 11.2 Å². The maximum absolute atomic E-state index is 13.3. The summed E-state index contributed by atoms with van der Waals surface area (Å²) in [5, 5.41) is 5.36. The van der Waals surface area contributed by atoms with Crippen molar-refractivity contribution in [3.05, 3.63) is 82.2 Å². The van der Waals surface area contributed by atoms with Crippen molar-refractivity contribution >= 4 is 33.1 Å². The summed E-state index contributed by atoms with van der Waals surface area (Å²) in [6.07, 6.45) is 2.42. The number of aromatic nitrogens is 2. The summed E-state index contributed by atoms with van der Waals surface area (Å²) in [7, 11) is 0. The Kier molecular flexibility index (Phi) is 5.27. The van der Waals surface area contributed by atoms with Gasteiger partial charge in [0.2, 0.25) is 5.91 Å². The zero-order chi connectivity index (χ0) is 20.4. The van der Waals surface area contributed by atoms with Crippen molar-refractivity contribution in [1.29, 1.82) is 0 Å². The molecule has 0 fully saturated rings. The van der Waals surface area contributed by atoms with Crippen molar-refractivity contribution in [3.63, 3.8) is 0 Å². The first-order valence-electron chi connectivity index (χ1n) is 9.52. The third-order valence-corrected chi connectivity index (χ3v) is 5.92. The largest absolute Gasteiger partial charge is 0.324 e. The second-order valence-corrected chi connectivity index (χ2v) is 7.73. The number of hydrogen-bond acceptors (Lipinski definition) is 4. The molecule has 0 bridgehead atoms. The number of amides is 1. The number of nitrogens with zero attached hydrogens (tertiary/aromatic N) is 2. The molecule has 1 unspecified atom stereocenters. The van der Waals surface area contributed by atoms with Gasteiger partial charge in [0, 0.05) is 16.6 Å². The lowest BCUT2D eigenvalue weighted by molar-refractivity contribution is -0.118. The summed E-state index contributed by atoms with van der Waals surface area (Å²) in [5.74, 6) is -0.261. The zero-order valence-electron chi connectivity index (χ0n) is 16.3. The highest BCUT2D eigenvalue weighted by atomic mass is 32.1. The van der Waals surface area contributed by atoms with E-state index >= 15 is 0 Å². The third-order valence-electron chi connectivity index (χ3n) is 5.03. The lowest BCUT2D eigenvalue weighted by Gasteiger charge is -2.15. The van der Waals surface area contributed by atoms with Gasteiger partial charge in [0.25, 0.3) is 5.56 Å². The number of para-hydroxylation sites is 1. The van der Waals surface area contributed by atoms with Crippen LogP contribution >= 0.6 is 11.3 Å². The number of hydrogen-bond donors (Lipinski definition) is 1. The highest BCUT2D eigenvalue weighted by molar-refractivity contribution is 7.17. The highest BCUT2D eigenvalue weighted by Gasteiger charge is 2.20. The quantitative estimate of drug-likeness (QED) is 0.516. The number of anilines is 1. The summed E-state index contributed by atoms with van der Waals surface area (Å²) < 4.78 is 1.40. The number of fused-ring (bicyclic) bond motifs is 1. The molecule has 4 aromatic rings. The van der Waals surface area contributed by atoms with Crippen LogP contribution in [0.5, 0.6) is 0 Å². The van der Waals surface area contributed by atoms with Crippen LogP contribution in [0, 0.1) is 0 Å². The molecule has 2 aromatic carbocycles.